The van der Waals surface area contributed by atoms with Crippen molar-refractivity contribution in [3.63, 3.8) is 0 Å². The molecule has 1 aliphatic rings. The molecule has 102 valence electrons. The molecule has 2 rings (SSSR count). The SMILES string of the molecule is CCC(CC1CC1)NCC(O)COc1cnsn1. The van der Waals surface area contributed by atoms with Crippen molar-refractivity contribution < 1.29 is 9.84 Å². The van der Waals surface area contributed by atoms with E-state index in [1.165, 1.54) is 19.3 Å². The molecule has 0 aromatic carbocycles. The van der Waals surface area contributed by atoms with Crippen LogP contribution in [0.25, 0.3) is 0 Å². The molecule has 0 amide bonds. The summed E-state index contributed by atoms with van der Waals surface area (Å²) in [6.45, 7) is 3.02. The van der Waals surface area contributed by atoms with Gasteiger partial charge in [0.25, 0.3) is 0 Å². The molecule has 1 aromatic heterocycles. The van der Waals surface area contributed by atoms with Crippen LogP contribution in [0.15, 0.2) is 6.20 Å². The Morgan fingerprint density at radius 3 is 3.06 bits per heavy atom. The molecule has 1 aliphatic carbocycles. The van der Waals surface area contributed by atoms with E-state index in [0.717, 1.165) is 24.1 Å². The van der Waals surface area contributed by atoms with E-state index in [2.05, 4.69) is 21.0 Å². The molecule has 0 aliphatic heterocycles. The highest BCUT2D eigenvalue weighted by molar-refractivity contribution is 6.99. The second-order valence-electron chi connectivity index (χ2n) is 4.90. The normalized spacial score (nSPS) is 18.6. The van der Waals surface area contributed by atoms with Crippen LogP contribution in [-0.4, -0.2) is 39.2 Å². The van der Waals surface area contributed by atoms with Gasteiger partial charge in [0.05, 0.1) is 11.7 Å². The Labute approximate surface area is 112 Å². The molecular weight excluding hydrogens is 250 g/mol. The zero-order valence-electron chi connectivity index (χ0n) is 10.7. The maximum atomic E-state index is 9.81. The van der Waals surface area contributed by atoms with Crippen LogP contribution in [-0.2, 0) is 0 Å². The summed E-state index contributed by atoms with van der Waals surface area (Å²) in [5, 5.41) is 13.2. The maximum absolute atomic E-state index is 9.81. The van der Waals surface area contributed by atoms with Crippen LogP contribution < -0.4 is 10.1 Å². The summed E-state index contributed by atoms with van der Waals surface area (Å²) in [4.78, 5) is 0. The van der Waals surface area contributed by atoms with Gasteiger partial charge >= 0.3 is 0 Å². The first-order valence-corrected chi connectivity index (χ1v) is 7.32. The molecule has 1 saturated carbocycles. The van der Waals surface area contributed by atoms with Crippen LogP contribution in [0.3, 0.4) is 0 Å². The quantitative estimate of drug-likeness (QED) is 0.711. The second kappa shape index (κ2) is 7.01. The van der Waals surface area contributed by atoms with E-state index < -0.39 is 6.10 Å². The van der Waals surface area contributed by atoms with Gasteiger partial charge in [-0.3, -0.25) is 0 Å². The van der Waals surface area contributed by atoms with Crippen molar-refractivity contribution >= 4 is 11.7 Å². The number of ether oxygens (including phenoxy) is 1. The lowest BCUT2D eigenvalue weighted by molar-refractivity contribution is 0.101. The van der Waals surface area contributed by atoms with Crippen LogP contribution in [0.5, 0.6) is 5.88 Å². The molecule has 0 radical (unpaired) electrons. The molecule has 0 saturated heterocycles. The maximum Gasteiger partial charge on any atom is 0.245 e. The lowest BCUT2D eigenvalue weighted by Crippen LogP contribution is -2.38. The third kappa shape index (κ3) is 4.88. The van der Waals surface area contributed by atoms with Gasteiger partial charge in [-0.1, -0.05) is 19.8 Å². The Kier molecular flexibility index (Phi) is 5.34. The molecule has 18 heavy (non-hydrogen) atoms. The van der Waals surface area contributed by atoms with Crippen LogP contribution in [0, 0.1) is 5.92 Å². The zero-order chi connectivity index (χ0) is 12.8. The number of nitrogens with zero attached hydrogens (tertiary/aromatic N) is 2. The average Bonchev–Trinajstić information content (AvgIpc) is 3.04. The number of aromatic nitrogens is 2. The summed E-state index contributed by atoms with van der Waals surface area (Å²) in [7, 11) is 0. The van der Waals surface area contributed by atoms with Gasteiger partial charge in [-0.2, -0.15) is 4.37 Å². The zero-order valence-corrected chi connectivity index (χ0v) is 11.5. The summed E-state index contributed by atoms with van der Waals surface area (Å²) in [5.74, 6) is 1.40. The summed E-state index contributed by atoms with van der Waals surface area (Å²) in [5.41, 5.74) is 0. The average molecular weight is 271 g/mol. The Bertz CT molecular complexity index is 330. The van der Waals surface area contributed by atoms with Gasteiger partial charge in [0.2, 0.25) is 5.88 Å². The molecule has 2 unspecified atom stereocenters. The number of nitrogens with one attached hydrogen (secondary N) is 1. The van der Waals surface area contributed by atoms with Crippen LogP contribution in [0.2, 0.25) is 0 Å². The fourth-order valence-corrected chi connectivity index (χ4v) is 2.28. The number of aliphatic hydroxyl groups is 1. The Hall–Kier alpha value is -0.720. The first-order valence-electron chi connectivity index (χ1n) is 6.59. The molecule has 1 heterocycles. The topological polar surface area (TPSA) is 67.3 Å². The molecule has 1 aromatic rings. The molecule has 2 N–H and O–H groups in total. The minimum Gasteiger partial charge on any atom is -0.473 e. The molecule has 6 heteroatoms. The fourth-order valence-electron chi connectivity index (χ4n) is 1.91. The second-order valence-corrected chi connectivity index (χ2v) is 5.46. The number of hydrogen-bond donors (Lipinski definition) is 2. The summed E-state index contributed by atoms with van der Waals surface area (Å²) in [6, 6.07) is 0.521. The van der Waals surface area contributed by atoms with Gasteiger partial charge in [-0.15, -0.1) is 4.37 Å². The molecule has 2 atom stereocenters. The van der Waals surface area contributed by atoms with E-state index in [1.54, 1.807) is 6.20 Å². The first kappa shape index (κ1) is 13.7. The highest BCUT2D eigenvalue weighted by Crippen LogP contribution is 2.33. The predicted octanol–water partition coefficient (Wildman–Crippen LogP) is 1.45. The summed E-state index contributed by atoms with van der Waals surface area (Å²) >= 11 is 1.10. The van der Waals surface area contributed by atoms with Crippen molar-refractivity contribution in [3.05, 3.63) is 6.20 Å². The predicted molar refractivity (Wildman–Crippen MR) is 70.8 cm³/mol. The van der Waals surface area contributed by atoms with Crippen molar-refractivity contribution in [3.8, 4) is 5.88 Å². The van der Waals surface area contributed by atoms with E-state index in [9.17, 15) is 5.11 Å². The lowest BCUT2D eigenvalue weighted by atomic mass is 10.1. The minimum absolute atomic E-state index is 0.262. The van der Waals surface area contributed by atoms with Crippen molar-refractivity contribution in [2.75, 3.05) is 13.2 Å². The van der Waals surface area contributed by atoms with Crippen LogP contribution in [0.4, 0.5) is 0 Å². The van der Waals surface area contributed by atoms with Gasteiger partial charge in [0.15, 0.2) is 0 Å². The molecule has 5 nitrogen and oxygen atoms in total. The number of hydrogen-bond acceptors (Lipinski definition) is 6. The third-order valence-corrected chi connectivity index (χ3v) is 3.68. The highest BCUT2D eigenvalue weighted by Gasteiger charge is 2.24. The molecule has 0 spiro atoms. The Morgan fingerprint density at radius 1 is 1.61 bits per heavy atom. The van der Waals surface area contributed by atoms with E-state index >= 15 is 0 Å². The summed E-state index contributed by atoms with van der Waals surface area (Å²) < 4.78 is 13.1. The number of aliphatic hydroxyl groups excluding tert-OH is 1. The Balaban J connectivity index is 1.59. The van der Waals surface area contributed by atoms with Crippen LogP contribution >= 0.6 is 11.7 Å². The van der Waals surface area contributed by atoms with E-state index in [0.29, 0.717) is 18.5 Å². The van der Waals surface area contributed by atoms with Crippen molar-refractivity contribution in [2.24, 2.45) is 5.92 Å². The third-order valence-electron chi connectivity index (χ3n) is 3.21. The molecule has 1 fully saturated rings. The first-order chi connectivity index (χ1) is 8.78. The monoisotopic (exact) mass is 271 g/mol. The Morgan fingerprint density at radius 2 is 2.44 bits per heavy atom. The van der Waals surface area contributed by atoms with Gasteiger partial charge in [-0.05, 0) is 18.8 Å². The van der Waals surface area contributed by atoms with Gasteiger partial charge in [0.1, 0.15) is 18.9 Å². The van der Waals surface area contributed by atoms with Gasteiger partial charge in [-0.25, -0.2) is 0 Å². The van der Waals surface area contributed by atoms with Crippen molar-refractivity contribution in [1.29, 1.82) is 0 Å². The lowest BCUT2D eigenvalue weighted by Gasteiger charge is -2.19. The largest absolute Gasteiger partial charge is 0.473 e. The van der Waals surface area contributed by atoms with Crippen molar-refractivity contribution in [2.45, 2.75) is 44.8 Å². The standard InChI is InChI=1S/C12H21N3O2S/c1-2-10(5-9-3-4-9)13-6-11(16)8-17-12-7-14-18-15-12/h7,9-11,13,16H,2-6,8H2,1H3. The van der Waals surface area contributed by atoms with Gasteiger partial charge < -0.3 is 15.2 Å². The smallest absolute Gasteiger partial charge is 0.245 e. The van der Waals surface area contributed by atoms with E-state index in [-0.39, 0.29) is 6.61 Å². The molecule has 0 bridgehead atoms. The number of rotatable bonds is 9. The van der Waals surface area contributed by atoms with E-state index in [1.807, 2.05) is 0 Å². The molecular formula is C12H21N3O2S. The minimum atomic E-state index is -0.500. The highest BCUT2D eigenvalue weighted by atomic mass is 32.1. The van der Waals surface area contributed by atoms with E-state index in [4.69, 9.17) is 4.74 Å². The van der Waals surface area contributed by atoms with Crippen LogP contribution in [0.1, 0.15) is 32.6 Å². The fraction of sp³-hybridized carbons (Fsp3) is 0.833. The van der Waals surface area contributed by atoms with Gasteiger partial charge in [0, 0.05) is 12.6 Å². The summed E-state index contributed by atoms with van der Waals surface area (Å²) in [6.07, 6.45) is 6.16. The van der Waals surface area contributed by atoms with Crippen molar-refractivity contribution in [1.82, 2.24) is 14.1 Å².